The molecule has 8 nitrogen and oxygen atoms in total. The highest BCUT2D eigenvalue weighted by molar-refractivity contribution is 5.92. The summed E-state index contributed by atoms with van der Waals surface area (Å²) in [5.41, 5.74) is 7.29. The van der Waals surface area contributed by atoms with Gasteiger partial charge in [-0.25, -0.2) is 0 Å². The monoisotopic (exact) mass is 524 g/mol. The molecule has 2 aliphatic rings. The summed E-state index contributed by atoms with van der Waals surface area (Å²) in [5.74, 6) is 0.895. The third kappa shape index (κ3) is 8.00. The fourth-order valence-electron chi connectivity index (χ4n) is 5.75. The number of nitrogens with zero attached hydrogens (tertiary/aromatic N) is 2. The second kappa shape index (κ2) is 14.8. The van der Waals surface area contributed by atoms with E-state index in [1.807, 2.05) is 26.0 Å². The smallest absolute Gasteiger partial charge is 0.243 e. The standard InChI is InChI=1S/C28H38N4O4.C2H6/c1-19(33)24(10-9-20-11-13-30-14-12-20)31-28(35)25-16-22(21-6-3-2-4-7-21)18-32(25)27(34)17-23(29)26-8-5-15-36-26;1-2/h5,8,11-15,21-25H,2-4,6-7,9-10,16-18,29H2,1H3,(H,31,35);1-2H3/t22?,23?,24-,25-;/m0./s1. The SMILES string of the molecule is CC.CC(=O)[C@H](CCc1ccncc1)NC(=O)[C@@H]1CC(C2CCCCC2)CN1C(=O)CC(N)c1ccco1. The zero-order chi connectivity index (χ0) is 27.5. The first-order chi connectivity index (χ1) is 18.4. The lowest BCUT2D eigenvalue weighted by molar-refractivity contribution is -0.139. The van der Waals surface area contributed by atoms with Crippen LogP contribution in [-0.2, 0) is 20.8 Å². The molecule has 2 aromatic rings. The average molecular weight is 525 g/mol. The number of Topliss-reactive ketones (excluding diaryl/α,β-unsaturated/α-hetero) is 1. The van der Waals surface area contributed by atoms with E-state index >= 15 is 0 Å². The molecule has 3 N–H and O–H groups in total. The number of aromatic nitrogens is 1. The summed E-state index contributed by atoms with van der Waals surface area (Å²) < 4.78 is 5.38. The van der Waals surface area contributed by atoms with Gasteiger partial charge in [0.05, 0.1) is 18.3 Å². The third-order valence-corrected chi connectivity index (χ3v) is 7.85. The van der Waals surface area contributed by atoms with Crippen molar-refractivity contribution in [2.45, 2.75) is 96.7 Å². The van der Waals surface area contributed by atoms with E-state index in [2.05, 4.69) is 10.3 Å². The summed E-state index contributed by atoms with van der Waals surface area (Å²) in [7, 11) is 0. The average Bonchev–Trinajstić information content (AvgIpc) is 3.64. The van der Waals surface area contributed by atoms with Gasteiger partial charge in [0.2, 0.25) is 11.8 Å². The Morgan fingerprint density at radius 1 is 1.11 bits per heavy atom. The van der Waals surface area contributed by atoms with Crippen molar-refractivity contribution in [2.75, 3.05) is 6.54 Å². The van der Waals surface area contributed by atoms with Gasteiger partial charge in [-0.1, -0.05) is 46.0 Å². The predicted octanol–water partition coefficient (Wildman–Crippen LogP) is 4.59. The van der Waals surface area contributed by atoms with Crippen LogP contribution in [0.15, 0.2) is 47.3 Å². The van der Waals surface area contributed by atoms with Crippen LogP contribution in [0.1, 0.15) is 89.5 Å². The number of carbonyl (C=O) groups is 3. The molecule has 4 atom stereocenters. The van der Waals surface area contributed by atoms with Gasteiger partial charge in [0.1, 0.15) is 11.8 Å². The zero-order valence-corrected chi connectivity index (χ0v) is 23.1. The topological polar surface area (TPSA) is 119 Å². The maximum Gasteiger partial charge on any atom is 0.243 e. The van der Waals surface area contributed by atoms with Gasteiger partial charge >= 0.3 is 0 Å². The highest BCUT2D eigenvalue weighted by Gasteiger charge is 2.43. The molecule has 3 heterocycles. The van der Waals surface area contributed by atoms with Crippen molar-refractivity contribution in [1.29, 1.82) is 0 Å². The molecule has 0 aromatic carbocycles. The Hall–Kier alpha value is -3.00. The number of nitrogens with one attached hydrogen (secondary N) is 1. The highest BCUT2D eigenvalue weighted by Crippen LogP contribution is 2.38. The van der Waals surface area contributed by atoms with Crippen LogP contribution in [0.3, 0.4) is 0 Å². The van der Waals surface area contributed by atoms with Crippen LogP contribution in [0.25, 0.3) is 0 Å². The Kier molecular flexibility index (Phi) is 11.5. The number of ketones is 1. The Bertz CT molecular complexity index is 1000. The van der Waals surface area contributed by atoms with Crippen LogP contribution in [0, 0.1) is 11.8 Å². The molecular formula is C30H44N4O4. The largest absolute Gasteiger partial charge is 0.468 e. The van der Waals surface area contributed by atoms with E-state index in [9.17, 15) is 14.4 Å². The molecule has 8 heteroatoms. The van der Waals surface area contributed by atoms with E-state index in [-0.39, 0.29) is 29.9 Å². The second-order valence-corrected chi connectivity index (χ2v) is 10.3. The molecule has 1 aliphatic carbocycles. The van der Waals surface area contributed by atoms with Crippen LogP contribution in [0.5, 0.6) is 0 Å². The predicted molar refractivity (Wildman–Crippen MR) is 147 cm³/mol. The molecule has 1 saturated heterocycles. The molecule has 0 spiro atoms. The molecule has 0 bridgehead atoms. The first-order valence-corrected chi connectivity index (χ1v) is 14.2. The van der Waals surface area contributed by atoms with Gasteiger partial charge in [-0.05, 0) is 67.9 Å². The van der Waals surface area contributed by atoms with E-state index in [4.69, 9.17) is 10.2 Å². The molecule has 4 rings (SSSR count). The van der Waals surface area contributed by atoms with Crippen molar-refractivity contribution in [3.8, 4) is 0 Å². The number of aryl methyl sites for hydroxylation is 1. The van der Waals surface area contributed by atoms with Gasteiger partial charge in [0.25, 0.3) is 0 Å². The van der Waals surface area contributed by atoms with Crippen molar-refractivity contribution in [1.82, 2.24) is 15.2 Å². The van der Waals surface area contributed by atoms with Gasteiger partial charge in [0, 0.05) is 25.4 Å². The molecule has 0 radical (unpaired) electrons. The zero-order valence-electron chi connectivity index (χ0n) is 23.1. The molecule has 1 aliphatic heterocycles. The van der Waals surface area contributed by atoms with Gasteiger partial charge < -0.3 is 20.4 Å². The summed E-state index contributed by atoms with van der Waals surface area (Å²) in [6, 6.07) is 5.59. The minimum atomic E-state index is -0.596. The normalized spacial score (nSPS) is 21.2. The third-order valence-electron chi connectivity index (χ3n) is 7.85. The molecule has 1 saturated carbocycles. The fraction of sp³-hybridized carbons (Fsp3) is 0.600. The van der Waals surface area contributed by atoms with E-state index in [0.29, 0.717) is 37.5 Å². The summed E-state index contributed by atoms with van der Waals surface area (Å²) >= 11 is 0. The lowest BCUT2D eigenvalue weighted by Crippen LogP contribution is -2.50. The van der Waals surface area contributed by atoms with Crippen LogP contribution in [-0.4, -0.2) is 46.1 Å². The van der Waals surface area contributed by atoms with Gasteiger partial charge in [-0.3, -0.25) is 19.4 Å². The number of furan rings is 1. The van der Waals surface area contributed by atoms with Crippen molar-refractivity contribution in [2.24, 2.45) is 17.6 Å². The first kappa shape index (κ1) is 29.6. The number of amides is 2. The molecule has 2 amide bonds. The lowest BCUT2D eigenvalue weighted by Gasteiger charge is -2.28. The maximum absolute atomic E-state index is 13.5. The number of hydrogen-bond donors (Lipinski definition) is 2. The molecule has 38 heavy (non-hydrogen) atoms. The van der Waals surface area contributed by atoms with Crippen molar-refractivity contribution >= 4 is 17.6 Å². The van der Waals surface area contributed by atoms with E-state index in [1.54, 1.807) is 35.7 Å². The number of likely N-dealkylation sites (tertiary alicyclic amines) is 1. The summed E-state index contributed by atoms with van der Waals surface area (Å²) in [5, 5.41) is 2.97. The first-order valence-electron chi connectivity index (χ1n) is 14.2. The number of nitrogens with two attached hydrogens (primary N) is 1. The summed E-state index contributed by atoms with van der Waals surface area (Å²) in [6.45, 7) is 6.07. The Morgan fingerprint density at radius 2 is 1.82 bits per heavy atom. The highest BCUT2D eigenvalue weighted by atomic mass is 16.3. The second-order valence-electron chi connectivity index (χ2n) is 10.3. The minimum absolute atomic E-state index is 0.0762. The lowest BCUT2D eigenvalue weighted by atomic mass is 9.79. The number of rotatable bonds is 10. The molecule has 2 unspecified atom stereocenters. The number of pyridine rings is 1. The Morgan fingerprint density at radius 3 is 2.45 bits per heavy atom. The molecular weight excluding hydrogens is 480 g/mol. The van der Waals surface area contributed by atoms with Crippen molar-refractivity contribution < 1.29 is 18.8 Å². The van der Waals surface area contributed by atoms with Crippen LogP contribution in [0.4, 0.5) is 0 Å². The molecule has 2 aromatic heterocycles. The fourth-order valence-corrected chi connectivity index (χ4v) is 5.75. The van der Waals surface area contributed by atoms with Gasteiger partial charge in [-0.15, -0.1) is 0 Å². The Balaban J connectivity index is 0.00000195. The maximum atomic E-state index is 13.5. The van der Waals surface area contributed by atoms with E-state index in [1.165, 1.54) is 26.2 Å². The summed E-state index contributed by atoms with van der Waals surface area (Å²) in [4.78, 5) is 45.0. The summed E-state index contributed by atoms with van der Waals surface area (Å²) in [6.07, 6.45) is 12.8. The van der Waals surface area contributed by atoms with Crippen LogP contribution < -0.4 is 11.1 Å². The van der Waals surface area contributed by atoms with Crippen molar-refractivity contribution in [3.63, 3.8) is 0 Å². The van der Waals surface area contributed by atoms with Gasteiger partial charge in [0.15, 0.2) is 5.78 Å². The molecule has 2 fully saturated rings. The van der Waals surface area contributed by atoms with Gasteiger partial charge in [-0.2, -0.15) is 0 Å². The Labute approximate surface area is 226 Å². The van der Waals surface area contributed by atoms with Crippen molar-refractivity contribution in [3.05, 3.63) is 54.2 Å². The molecule has 208 valence electrons. The van der Waals surface area contributed by atoms with Crippen LogP contribution >= 0.6 is 0 Å². The number of carbonyl (C=O) groups excluding carboxylic acids is 3. The van der Waals surface area contributed by atoms with E-state index < -0.39 is 18.1 Å². The minimum Gasteiger partial charge on any atom is -0.468 e. The van der Waals surface area contributed by atoms with Crippen LogP contribution in [0.2, 0.25) is 0 Å². The quantitative estimate of drug-likeness (QED) is 0.469. The van der Waals surface area contributed by atoms with E-state index in [0.717, 1.165) is 18.4 Å². The number of hydrogen-bond acceptors (Lipinski definition) is 6.